The molecule has 0 aliphatic carbocycles. The predicted octanol–water partition coefficient (Wildman–Crippen LogP) is 2.67. The van der Waals surface area contributed by atoms with Crippen LogP contribution in [0, 0.1) is 17.0 Å². The van der Waals surface area contributed by atoms with E-state index in [0.717, 1.165) is 5.56 Å². The molecule has 0 aliphatic heterocycles. The van der Waals surface area contributed by atoms with Crippen molar-refractivity contribution >= 4 is 16.6 Å². The minimum atomic E-state index is -0.507. The number of ether oxygens (including phenoxy) is 1. The Morgan fingerprint density at radius 2 is 2.04 bits per heavy atom. The van der Waals surface area contributed by atoms with Gasteiger partial charge >= 0.3 is 5.69 Å². The van der Waals surface area contributed by atoms with Crippen molar-refractivity contribution in [1.29, 1.82) is 0 Å². The van der Waals surface area contributed by atoms with Gasteiger partial charge in [-0.05, 0) is 30.7 Å². The number of benzene rings is 2. The van der Waals surface area contributed by atoms with E-state index in [4.69, 9.17) is 4.74 Å². The van der Waals surface area contributed by atoms with Gasteiger partial charge in [0.15, 0.2) is 5.75 Å². The molecule has 0 radical (unpaired) electrons. The highest BCUT2D eigenvalue weighted by molar-refractivity contribution is 5.77. The van der Waals surface area contributed by atoms with E-state index >= 15 is 0 Å². The zero-order valence-corrected chi connectivity index (χ0v) is 13.2. The van der Waals surface area contributed by atoms with Crippen LogP contribution in [0.5, 0.6) is 5.75 Å². The number of aryl methyl sites for hydroxylation is 1. The summed E-state index contributed by atoms with van der Waals surface area (Å²) in [7, 11) is 1.38. The first-order valence-electron chi connectivity index (χ1n) is 7.26. The Kier molecular flexibility index (Phi) is 3.99. The Labute approximate surface area is 137 Å². The highest BCUT2D eigenvalue weighted by Gasteiger charge is 2.15. The van der Waals surface area contributed by atoms with Crippen LogP contribution in [0.2, 0.25) is 0 Å². The monoisotopic (exact) mass is 325 g/mol. The van der Waals surface area contributed by atoms with Crippen molar-refractivity contribution < 1.29 is 9.66 Å². The van der Waals surface area contributed by atoms with E-state index in [1.807, 2.05) is 13.0 Å². The van der Waals surface area contributed by atoms with Crippen molar-refractivity contribution in [2.24, 2.45) is 0 Å². The van der Waals surface area contributed by atoms with Gasteiger partial charge in [-0.25, -0.2) is 4.98 Å². The lowest BCUT2D eigenvalue weighted by Crippen LogP contribution is -2.21. The van der Waals surface area contributed by atoms with Crippen molar-refractivity contribution in [3.05, 3.63) is 74.3 Å². The van der Waals surface area contributed by atoms with Gasteiger partial charge in [-0.1, -0.05) is 17.7 Å². The van der Waals surface area contributed by atoms with Crippen molar-refractivity contribution in [2.45, 2.75) is 13.5 Å². The summed E-state index contributed by atoms with van der Waals surface area (Å²) >= 11 is 0. The minimum absolute atomic E-state index is 0.132. The highest BCUT2D eigenvalue weighted by Crippen LogP contribution is 2.27. The fourth-order valence-corrected chi connectivity index (χ4v) is 2.56. The molecule has 3 aromatic rings. The second kappa shape index (κ2) is 6.11. The molecule has 24 heavy (non-hydrogen) atoms. The average molecular weight is 325 g/mol. The third-order valence-electron chi connectivity index (χ3n) is 3.77. The van der Waals surface area contributed by atoms with Gasteiger partial charge in [-0.3, -0.25) is 19.5 Å². The Morgan fingerprint density at radius 3 is 2.75 bits per heavy atom. The smallest absolute Gasteiger partial charge is 0.311 e. The van der Waals surface area contributed by atoms with Gasteiger partial charge in [0.1, 0.15) is 0 Å². The van der Waals surface area contributed by atoms with Gasteiger partial charge < -0.3 is 4.74 Å². The Balaban J connectivity index is 2.04. The molecule has 0 atom stereocenters. The fraction of sp³-hybridized carbons (Fsp3) is 0.176. The van der Waals surface area contributed by atoms with Crippen LogP contribution < -0.4 is 10.3 Å². The standard InChI is InChI=1S/C17H15N3O4/c1-11-3-5-14-13(7-11)17(21)19(10-18-14)9-12-4-6-16(24-2)15(8-12)20(22)23/h3-8,10H,9H2,1-2H3. The van der Waals surface area contributed by atoms with Crippen molar-refractivity contribution in [1.82, 2.24) is 9.55 Å². The van der Waals surface area contributed by atoms with Crippen LogP contribution in [0.15, 0.2) is 47.5 Å². The molecule has 0 aliphatic rings. The van der Waals surface area contributed by atoms with Gasteiger partial charge in [0.25, 0.3) is 5.56 Å². The maximum Gasteiger partial charge on any atom is 0.311 e. The van der Waals surface area contributed by atoms with Crippen molar-refractivity contribution in [2.75, 3.05) is 7.11 Å². The molecule has 0 bridgehead atoms. The molecule has 0 N–H and O–H groups in total. The topological polar surface area (TPSA) is 87.3 Å². The quantitative estimate of drug-likeness (QED) is 0.543. The first-order chi connectivity index (χ1) is 11.5. The van der Waals surface area contributed by atoms with Crippen LogP contribution >= 0.6 is 0 Å². The van der Waals surface area contributed by atoms with Gasteiger partial charge in [-0.15, -0.1) is 0 Å². The van der Waals surface area contributed by atoms with Crippen LogP contribution in [-0.4, -0.2) is 21.6 Å². The number of fused-ring (bicyclic) bond motifs is 1. The maximum atomic E-state index is 12.6. The van der Waals surface area contributed by atoms with Crippen LogP contribution in [-0.2, 0) is 6.54 Å². The number of rotatable bonds is 4. The molecule has 0 saturated heterocycles. The Hall–Kier alpha value is -3.22. The molecule has 1 heterocycles. The summed E-state index contributed by atoms with van der Waals surface area (Å²) in [4.78, 5) is 27.5. The zero-order valence-electron chi connectivity index (χ0n) is 13.2. The summed E-state index contributed by atoms with van der Waals surface area (Å²) in [5, 5.41) is 11.6. The molecule has 1 aromatic heterocycles. The molecule has 3 rings (SSSR count). The number of hydrogen-bond donors (Lipinski definition) is 0. The zero-order chi connectivity index (χ0) is 17.3. The fourth-order valence-electron chi connectivity index (χ4n) is 2.56. The Morgan fingerprint density at radius 1 is 1.25 bits per heavy atom. The maximum absolute atomic E-state index is 12.6. The van der Waals surface area contributed by atoms with E-state index in [1.54, 1.807) is 18.2 Å². The van der Waals surface area contributed by atoms with Gasteiger partial charge in [-0.2, -0.15) is 0 Å². The van der Waals surface area contributed by atoms with Crippen molar-refractivity contribution in [3.8, 4) is 5.75 Å². The molecule has 122 valence electrons. The van der Waals surface area contributed by atoms with E-state index < -0.39 is 4.92 Å². The van der Waals surface area contributed by atoms with Crippen molar-refractivity contribution in [3.63, 3.8) is 0 Å². The summed E-state index contributed by atoms with van der Waals surface area (Å²) in [6, 6.07) is 10.1. The number of nitro groups is 1. The number of nitrogens with zero attached hydrogens (tertiary/aromatic N) is 3. The average Bonchev–Trinajstić information content (AvgIpc) is 2.57. The first-order valence-corrected chi connectivity index (χ1v) is 7.26. The minimum Gasteiger partial charge on any atom is -0.490 e. The summed E-state index contributed by atoms with van der Waals surface area (Å²) in [5.74, 6) is 0.184. The molecule has 0 amide bonds. The second-order valence-electron chi connectivity index (χ2n) is 5.46. The summed E-state index contributed by atoms with van der Waals surface area (Å²) in [6.45, 7) is 2.10. The van der Waals surface area contributed by atoms with Gasteiger partial charge in [0, 0.05) is 6.07 Å². The Bertz CT molecular complexity index is 995. The highest BCUT2D eigenvalue weighted by atomic mass is 16.6. The lowest BCUT2D eigenvalue weighted by atomic mass is 10.1. The van der Waals surface area contributed by atoms with Gasteiger partial charge in [0.2, 0.25) is 0 Å². The number of nitro benzene ring substituents is 1. The lowest BCUT2D eigenvalue weighted by Gasteiger charge is -2.08. The van der Waals surface area contributed by atoms with Crippen LogP contribution in [0.4, 0.5) is 5.69 Å². The molecule has 7 heteroatoms. The summed E-state index contributed by atoms with van der Waals surface area (Å²) in [5.41, 5.74) is 1.91. The normalized spacial score (nSPS) is 10.8. The van der Waals surface area contributed by atoms with E-state index in [0.29, 0.717) is 16.5 Å². The summed E-state index contributed by atoms with van der Waals surface area (Å²) in [6.07, 6.45) is 1.45. The van der Waals surface area contributed by atoms with E-state index in [2.05, 4.69) is 4.98 Å². The first kappa shape index (κ1) is 15.7. The van der Waals surface area contributed by atoms with Crippen LogP contribution in [0.1, 0.15) is 11.1 Å². The third kappa shape index (κ3) is 2.83. The molecule has 0 saturated carbocycles. The predicted molar refractivity (Wildman–Crippen MR) is 89.5 cm³/mol. The number of hydrogen-bond acceptors (Lipinski definition) is 5. The number of methoxy groups -OCH3 is 1. The molecule has 0 unspecified atom stereocenters. The molecule has 0 spiro atoms. The third-order valence-corrected chi connectivity index (χ3v) is 3.77. The molecule has 2 aromatic carbocycles. The van der Waals surface area contributed by atoms with E-state index in [-0.39, 0.29) is 23.5 Å². The van der Waals surface area contributed by atoms with Crippen LogP contribution in [0.3, 0.4) is 0 Å². The molecular formula is C17H15N3O4. The van der Waals surface area contributed by atoms with E-state index in [9.17, 15) is 14.9 Å². The molecule has 7 nitrogen and oxygen atoms in total. The second-order valence-corrected chi connectivity index (χ2v) is 5.46. The van der Waals surface area contributed by atoms with Gasteiger partial charge in [0.05, 0.1) is 35.8 Å². The van der Waals surface area contributed by atoms with E-state index in [1.165, 1.54) is 30.1 Å². The molecule has 0 fully saturated rings. The number of aromatic nitrogens is 2. The SMILES string of the molecule is COc1ccc(Cn2cnc3ccc(C)cc3c2=O)cc1[N+](=O)[O-]. The molecular weight excluding hydrogens is 310 g/mol. The summed E-state index contributed by atoms with van der Waals surface area (Å²) < 4.78 is 6.42. The van der Waals surface area contributed by atoms with Crippen LogP contribution in [0.25, 0.3) is 10.9 Å². The lowest BCUT2D eigenvalue weighted by molar-refractivity contribution is -0.385. The largest absolute Gasteiger partial charge is 0.490 e.